The summed E-state index contributed by atoms with van der Waals surface area (Å²) in [6.07, 6.45) is 0. The van der Waals surface area contributed by atoms with E-state index in [0.717, 1.165) is 11.7 Å². The van der Waals surface area contributed by atoms with Crippen molar-refractivity contribution in [3.8, 4) is 0 Å². The van der Waals surface area contributed by atoms with Crippen molar-refractivity contribution in [1.82, 2.24) is 4.98 Å². The van der Waals surface area contributed by atoms with Gasteiger partial charge in [-0.15, -0.1) is 22.7 Å². The van der Waals surface area contributed by atoms with Crippen LogP contribution in [-0.2, 0) is 6.54 Å². The molecule has 2 heterocycles. The van der Waals surface area contributed by atoms with Crippen molar-refractivity contribution >= 4 is 33.8 Å². The van der Waals surface area contributed by atoms with Gasteiger partial charge in [0.2, 0.25) is 0 Å². The Morgan fingerprint density at radius 3 is 2.94 bits per heavy atom. The van der Waals surface area contributed by atoms with Crippen LogP contribution in [0.5, 0.6) is 0 Å². The molecule has 0 aliphatic rings. The van der Waals surface area contributed by atoms with Gasteiger partial charge in [-0.25, -0.2) is 9.78 Å². The zero-order valence-corrected chi connectivity index (χ0v) is 10.2. The number of anilines is 1. The van der Waals surface area contributed by atoms with Gasteiger partial charge in [0.1, 0.15) is 0 Å². The first-order chi connectivity index (χ1) is 7.66. The number of rotatable bonds is 4. The van der Waals surface area contributed by atoms with Crippen LogP contribution in [0.15, 0.2) is 22.9 Å². The van der Waals surface area contributed by atoms with Crippen molar-refractivity contribution in [3.05, 3.63) is 33.5 Å². The Labute approximate surface area is 101 Å². The third kappa shape index (κ3) is 2.40. The van der Waals surface area contributed by atoms with Crippen molar-refractivity contribution in [3.63, 3.8) is 0 Å². The summed E-state index contributed by atoms with van der Waals surface area (Å²) in [6.45, 7) is 0.754. The molecule has 2 rings (SSSR count). The van der Waals surface area contributed by atoms with E-state index in [4.69, 9.17) is 5.11 Å². The molecule has 0 fully saturated rings. The molecule has 0 saturated carbocycles. The molecule has 84 valence electrons. The van der Waals surface area contributed by atoms with Gasteiger partial charge in [0, 0.05) is 17.3 Å². The van der Waals surface area contributed by atoms with Crippen LogP contribution in [0.2, 0.25) is 0 Å². The molecule has 0 radical (unpaired) electrons. The monoisotopic (exact) mass is 254 g/mol. The number of carboxylic acid groups (broad SMARTS) is 1. The number of nitrogens with zero attached hydrogens (tertiary/aromatic N) is 2. The molecule has 2 aromatic rings. The quantitative estimate of drug-likeness (QED) is 0.911. The second-order valence-electron chi connectivity index (χ2n) is 3.26. The van der Waals surface area contributed by atoms with E-state index in [2.05, 4.69) is 4.98 Å². The average Bonchev–Trinajstić information content (AvgIpc) is 2.86. The summed E-state index contributed by atoms with van der Waals surface area (Å²) in [7, 11) is 1.91. The molecule has 2 aromatic heterocycles. The van der Waals surface area contributed by atoms with Gasteiger partial charge in [0.15, 0.2) is 10.8 Å². The van der Waals surface area contributed by atoms with Gasteiger partial charge in [-0.3, -0.25) is 0 Å². The highest BCUT2D eigenvalue weighted by atomic mass is 32.1. The van der Waals surface area contributed by atoms with Gasteiger partial charge in [0.05, 0.1) is 6.54 Å². The van der Waals surface area contributed by atoms with E-state index in [9.17, 15) is 4.79 Å². The first-order valence-corrected chi connectivity index (χ1v) is 6.35. The summed E-state index contributed by atoms with van der Waals surface area (Å²) in [6, 6.07) is 4.05. The lowest BCUT2D eigenvalue weighted by Gasteiger charge is -2.13. The van der Waals surface area contributed by atoms with E-state index in [0.29, 0.717) is 0 Å². The zero-order valence-electron chi connectivity index (χ0n) is 8.58. The molecule has 0 saturated heterocycles. The van der Waals surface area contributed by atoms with Crippen LogP contribution in [0, 0.1) is 0 Å². The van der Waals surface area contributed by atoms with E-state index in [1.807, 2.05) is 29.5 Å². The Bertz CT molecular complexity index is 479. The van der Waals surface area contributed by atoms with Gasteiger partial charge >= 0.3 is 5.97 Å². The molecule has 0 atom stereocenters. The highest BCUT2D eigenvalue weighted by Crippen LogP contribution is 2.22. The number of hydrogen-bond donors (Lipinski definition) is 1. The number of thiophene rings is 1. The Balaban J connectivity index is 2.08. The van der Waals surface area contributed by atoms with Crippen LogP contribution in [-0.4, -0.2) is 23.1 Å². The van der Waals surface area contributed by atoms with E-state index in [1.165, 1.54) is 16.2 Å². The summed E-state index contributed by atoms with van der Waals surface area (Å²) in [5.41, 5.74) is 0.109. The Kier molecular flexibility index (Phi) is 3.21. The molecule has 0 aromatic carbocycles. The summed E-state index contributed by atoms with van der Waals surface area (Å²) < 4.78 is 0. The minimum absolute atomic E-state index is 0.109. The zero-order chi connectivity index (χ0) is 11.5. The molecule has 0 bridgehead atoms. The minimum Gasteiger partial charge on any atom is -0.476 e. The fraction of sp³-hybridized carbons (Fsp3) is 0.200. The van der Waals surface area contributed by atoms with Gasteiger partial charge in [-0.2, -0.15) is 0 Å². The second-order valence-corrected chi connectivity index (χ2v) is 5.12. The topological polar surface area (TPSA) is 53.4 Å². The maximum atomic E-state index is 10.7. The molecular weight excluding hydrogens is 244 g/mol. The van der Waals surface area contributed by atoms with Gasteiger partial charge in [-0.1, -0.05) is 6.07 Å². The smallest absolute Gasteiger partial charge is 0.355 e. The van der Waals surface area contributed by atoms with E-state index >= 15 is 0 Å². The number of carbonyl (C=O) groups is 1. The lowest BCUT2D eigenvalue weighted by Crippen LogP contribution is -2.15. The second kappa shape index (κ2) is 4.63. The molecule has 4 nitrogen and oxygen atoms in total. The van der Waals surface area contributed by atoms with E-state index in [1.54, 1.807) is 16.7 Å². The molecular formula is C10H10N2O2S2. The fourth-order valence-corrected chi connectivity index (χ4v) is 2.77. The summed E-state index contributed by atoms with van der Waals surface area (Å²) in [5, 5.41) is 13.1. The van der Waals surface area contributed by atoms with Crippen LogP contribution in [0.3, 0.4) is 0 Å². The number of hydrogen-bond acceptors (Lipinski definition) is 5. The number of aromatic carboxylic acids is 1. The van der Waals surface area contributed by atoms with Gasteiger partial charge < -0.3 is 10.0 Å². The summed E-state index contributed by atoms with van der Waals surface area (Å²) >= 11 is 3.02. The highest BCUT2D eigenvalue weighted by molar-refractivity contribution is 7.14. The number of carboxylic acids is 1. The van der Waals surface area contributed by atoms with Crippen molar-refractivity contribution in [1.29, 1.82) is 0 Å². The molecule has 0 unspecified atom stereocenters. The van der Waals surface area contributed by atoms with Crippen molar-refractivity contribution < 1.29 is 9.90 Å². The molecule has 0 spiro atoms. The lowest BCUT2D eigenvalue weighted by molar-refractivity contribution is 0.0691. The normalized spacial score (nSPS) is 10.3. The third-order valence-corrected chi connectivity index (χ3v) is 3.83. The van der Waals surface area contributed by atoms with Crippen LogP contribution in [0.4, 0.5) is 5.13 Å². The molecule has 0 amide bonds. The third-order valence-electron chi connectivity index (χ3n) is 2.01. The molecule has 1 N–H and O–H groups in total. The predicted molar refractivity (Wildman–Crippen MR) is 65.5 cm³/mol. The fourth-order valence-electron chi connectivity index (χ4n) is 1.24. The van der Waals surface area contributed by atoms with Gasteiger partial charge in [-0.05, 0) is 11.4 Å². The maximum absolute atomic E-state index is 10.7. The van der Waals surface area contributed by atoms with Gasteiger partial charge in [0.25, 0.3) is 0 Å². The summed E-state index contributed by atoms with van der Waals surface area (Å²) in [5.74, 6) is -0.980. The first kappa shape index (κ1) is 11.1. The van der Waals surface area contributed by atoms with Crippen LogP contribution in [0.25, 0.3) is 0 Å². The largest absolute Gasteiger partial charge is 0.476 e. The van der Waals surface area contributed by atoms with Crippen LogP contribution < -0.4 is 4.90 Å². The molecule has 0 aliphatic carbocycles. The molecule has 6 heteroatoms. The number of thiazole rings is 1. The molecule has 0 aliphatic heterocycles. The SMILES string of the molecule is CN(Cc1cccs1)c1nc(C(=O)O)cs1. The van der Waals surface area contributed by atoms with Crippen molar-refractivity contribution in [2.24, 2.45) is 0 Å². The molecule has 16 heavy (non-hydrogen) atoms. The van der Waals surface area contributed by atoms with Crippen LogP contribution >= 0.6 is 22.7 Å². The Morgan fingerprint density at radius 1 is 1.56 bits per heavy atom. The van der Waals surface area contributed by atoms with E-state index < -0.39 is 5.97 Å². The lowest BCUT2D eigenvalue weighted by atomic mass is 10.4. The van der Waals surface area contributed by atoms with E-state index in [-0.39, 0.29) is 5.69 Å². The average molecular weight is 254 g/mol. The Hall–Kier alpha value is -1.40. The van der Waals surface area contributed by atoms with Crippen molar-refractivity contribution in [2.45, 2.75) is 6.54 Å². The Morgan fingerprint density at radius 2 is 2.38 bits per heavy atom. The van der Waals surface area contributed by atoms with Crippen molar-refractivity contribution in [2.75, 3.05) is 11.9 Å². The number of aromatic nitrogens is 1. The minimum atomic E-state index is -0.980. The van der Waals surface area contributed by atoms with Crippen LogP contribution in [0.1, 0.15) is 15.4 Å². The standard InChI is InChI=1S/C10H10N2O2S2/c1-12(5-7-3-2-4-15-7)10-11-8(6-16-10)9(13)14/h2-4,6H,5H2,1H3,(H,13,14). The predicted octanol–water partition coefficient (Wildman–Crippen LogP) is 2.54. The first-order valence-electron chi connectivity index (χ1n) is 4.59. The highest BCUT2D eigenvalue weighted by Gasteiger charge is 2.11. The maximum Gasteiger partial charge on any atom is 0.355 e. The summed E-state index contributed by atoms with van der Waals surface area (Å²) in [4.78, 5) is 17.9.